The summed E-state index contributed by atoms with van der Waals surface area (Å²) >= 11 is 3.46. The Balaban J connectivity index is 1.77. The van der Waals surface area contributed by atoms with Crippen molar-refractivity contribution in [3.05, 3.63) is 62.6 Å². The molecule has 0 atom stereocenters. The topological polar surface area (TPSA) is 49.0 Å². The van der Waals surface area contributed by atoms with E-state index < -0.39 is 0 Å². The summed E-state index contributed by atoms with van der Waals surface area (Å²) in [7, 11) is 1.84. The molecule has 3 aromatic rings. The van der Waals surface area contributed by atoms with Gasteiger partial charge in [-0.25, -0.2) is 0 Å². The first-order valence-electron chi connectivity index (χ1n) is 8.52. The molecule has 0 radical (unpaired) electrons. The molecule has 0 N–H and O–H groups in total. The smallest absolute Gasteiger partial charge is 0.261 e. The lowest BCUT2D eigenvalue weighted by molar-refractivity contribution is 0.0675. The second kappa shape index (κ2) is 6.77. The third kappa shape index (κ3) is 3.16. The Hall–Kier alpha value is -1.92. The van der Waals surface area contributed by atoms with Crippen LogP contribution in [0.2, 0.25) is 0 Å². The highest BCUT2D eigenvalue weighted by Gasteiger charge is 2.20. The zero-order valence-corrected chi connectivity index (χ0v) is 15.7. The molecule has 25 heavy (non-hydrogen) atoms. The standard InChI is InChI=1S/C19H20BrN3O2/c1-22-16(10-13-2-4-14(20)5-3-13)11-18-17(19(22)24)12-21-23(18)15-6-8-25-9-7-15/h2-5,11-12,15H,6-10H2,1H3. The van der Waals surface area contributed by atoms with Crippen LogP contribution in [0.3, 0.4) is 0 Å². The molecule has 1 aliphatic heterocycles. The van der Waals surface area contributed by atoms with Crippen LogP contribution in [0.5, 0.6) is 0 Å². The molecule has 0 unspecified atom stereocenters. The number of hydrogen-bond donors (Lipinski definition) is 0. The number of rotatable bonds is 3. The fourth-order valence-electron chi connectivity index (χ4n) is 3.45. The van der Waals surface area contributed by atoms with Crippen LogP contribution in [0.1, 0.15) is 30.1 Å². The third-order valence-corrected chi connectivity index (χ3v) is 5.47. The lowest BCUT2D eigenvalue weighted by Gasteiger charge is -2.23. The van der Waals surface area contributed by atoms with Crippen molar-refractivity contribution >= 4 is 26.8 Å². The Morgan fingerprint density at radius 2 is 1.96 bits per heavy atom. The Kier molecular flexibility index (Phi) is 4.48. The largest absolute Gasteiger partial charge is 0.381 e. The van der Waals surface area contributed by atoms with Gasteiger partial charge in [0.05, 0.1) is 23.1 Å². The minimum absolute atomic E-state index is 0.0166. The van der Waals surface area contributed by atoms with Gasteiger partial charge in [0.15, 0.2) is 0 Å². The second-order valence-corrected chi connectivity index (χ2v) is 7.45. The van der Waals surface area contributed by atoms with Crippen LogP contribution in [-0.2, 0) is 18.2 Å². The number of aromatic nitrogens is 3. The first-order chi connectivity index (χ1) is 12.1. The highest BCUT2D eigenvalue weighted by atomic mass is 79.9. The minimum atomic E-state index is 0.0166. The van der Waals surface area contributed by atoms with Gasteiger partial charge in [0.2, 0.25) is 0 Å². The zero-order chi connectivity index (χ0) is 17.4. The van der Waals surface area contributed by atoms with E-state index in [9.17, 15) is 4.79 Å². The predicted octanol–water partition coefficient (Wildman–Crippen LogP) is 3.44. The van der Waals surface area contributed by atoms with Gasteiger partial charge in [-0.15, -0.1) is 0 Å². The van der Waals surface area contributed by atoms with Crippen molar-refractivity contribution in [2.24, 2.45) is 7.05 Å². The molecule has 1 fully saturated rings. The Morgan fingerprint density at radius 1 is 1.24 bits per heavy atom. The lowest BCUT2D eigenvalue weighted by atomic mass is 10.1. The average Bonchev–Trinajstić information content (AvgIpc) is 3.06. The molecule has 0 aliphatic carbocycles. The van der Waals surface area contributed by atoms with Crippen molar-refractivity contribution in [1.82, 2.24) is 14.3 Å². The predicted molar refractivity (Wildman–Crippen MR) is 101 cm³/mol. The molecular formula is C19H20BrN3O2. The van der Waals surface area contributed by atoms with Crippen LogP contribution in [-0.4, -0.2) is 27.6 Å². The fraction of sp³-hybridized carbons (Fsp3) is 0.368. The Bertz CT molecular complexity index is 953. The molecule has 0 bridgehead atoms. The van der Waals surface area contributed by atoms with E-state index in [0.717, 1.165) is 41.7 Å². The van der Waals surface area contributed by atoms with Gasteiger partial charge >= 0.3 is 0 Å². The second-order valence-electron chi connectivity index (χ2n) is 6.53. The Labute approximate surface area is 154 Å². The van der Waals surface area contributed by atoms with E-state index >= 15 is 0 Å². The van der Waals surface area contributed by atoms with Gasteiger partial charge in [-0.2, -0.15) is 5.10 Å². The molecule has 4 rings (SSSR count). The van der Waals surface area contributed by atoms with Crippen LogP contribution in [0.15, 0.2) is 45.8 Å². The van der Waals surface area contributed by atoms with Gasteiger partial charge in [0.1, 0.15) is 0 Å². The number of ether oxygens (including phenoxy) is 1. The van der Waals surface area contributed by atoms with Crippen LogP contribution < -0.4 is 5.56 Å². The summed E-state index contributed by atoms with van der Waals surface area (Å²) in [6.07, 6.45) is 4.30. The highest BCUT2D eigenvalue weighted by molar-refractivity contribution is 9.10. The molecule has 1 aliphatic rings. The molecule has 0 amide bonds. The molecule has 5 nitrogen and oxygen atoms in total. The van der Waals surface area contributed by atoms with E-state index in [1.807, 2.05) is 23.9 Å². The summed E-state index contributed by atoms with van der Waals surface area (Å²) in [6.45, 7) is 1.51. The van der Waals surface area contributed by atoms with E-state index in [2.05, 4.69) is 39.2 Å². The van der Waals surface area contributed by atoms with E-state index in [-0.39, 0.29) is 5.56 Å². The van der Waals surface area contributed by atoms with Gasteiger partial charge in [-0.1, -0.05) is 28.1 Å². The van der Waals surface area contributed by atoms with Crippen molar-refractivity contribution in [2.45, 2.75) is 25.3 Å². The number of benzene rings is 1. The van der Waals surface area contributed by atoms with Crippen LogP contribution in [0, 0.1) is 0 Å². The summed E-state index contributed by atoms with van der Waals surface area (Å²) in [5.74, 6) is 0. The van der Waals surface area contributed by atoms with Gasteiger partial charge in [0.25, 0.3) is 5.56 Å². The summed E-state index contributed by atoms with van der Waals surface area (Å²) in [5.41, 5.74) is 3.12. The van der Waals surface area contributed by atoms with Gasteiger partial charge in [-0.05, 0) is 36.6 Å². The van der Waals surface area contributed by atoms with Crippen molar-refractivity contribution in [2.75, 3.05) is 13.2 Å². The first kappa shape index (κ1) is 16.5. The summed E-state index contributed by atoms with van der Waals surface area (Å²) in [6, 6.07) is 10.6. The third-order valence-electron chi connectivity index (χ3n) is 4.94. The monoisotopic (exact) mass is 401 g/mol. The number of halogens is 1. The minimum Gasteiger partial charge on any atom is -0.381 e. The molecule has 6 heteroatoms. The van der Waals surface area contributed by atoms with Crippen molar-refractivity contribution < 1.29 is 4.74 Å². The zero-order valence-electron chi connectivity index (χ0n) is 14.1. The average molecular weight is 402 g/mol. The molecule has 0 saturated carbocycles. The first-order valence-corrected chi connectivity index (χ1v) is 9.31. The highest BCUT2D eigenvalue weighted by Crippen LogP contribution is 2.25. The van der Waals surface area contributed by atoms with Crippen LogP contribution >= 0.6 is 15.9 Å². The van der Waals surface area contributed by atoms with Crippen molar-refractivity contribution in [3.63, 3.8) is 0 Å². The molecular weight excluding hydrogens is 382 g/mol. The number of fused-ring (bicyclic) bond motifs is 1. The summed E-state index contributed by atoms with van der Waals surface area (Å²) in [4.78, 5) is 12.8. The maximum absolute atomic E-state index is 12.8. The van der Waals surface area contributed by atoms with Crippen LogP contribution in [0.4, 0.5) is 0 Å². The van der Waals surface area contributed by atoms with E-state index in [1.165, 1.54) is 5.56 Å². The van der Waals surface area contributed by atoms with Gasteiger partial charge in [0, 0.05) is 36.8 Å². The van der Waals surface area contributed by atoms with E-state index in [4.69, 9.17) is 4.74 Å². The van der Waals surface area contributed by atoms with Crippen molar-refractivity contribution in [1.29, 1.82) is 0 Å². The van der Waals surface area contributed by atoms with Crippen molar-refractivity contribution in [3.8, 4) is 0 Å². The maximum atomic E-state index is 12.8. The lowest BCUT2D eigenvalue weighted by Crippen LogP contribution is -2.23. The molecule has 130 valence electrons. The maximum Gasteiger partial charge on any atom is 0.261 e. The number of hydrogen-bond acceptors (Lipinski definition) is 3. The normalized spacial score (nSPS) is 15.8. The van der Waals surface area contributed by atoms with E-state index in [1.54, 1.807) is 10.8 Å². The molecule has 2 aromatic heterocycles. The van der Waals surface area contributed by atoms with E-state index in [0.29, 0.717) is 17.8 Å². The Morgan fingerprint density at radius 3 is 2.68 bits per heavy atom. The molecule has 0 spiro atoms. The quantitative estimate of drug-likeness (QED) is 0.675. The summed E-state index contributed by atoms with van der Waals surface area (Å²) in [5, 5.41) is 5.21. The molecule has 1 aromatic carbocycles. The molecule has 3 heterocycles. The SMILES string of the molecule is Cn1c(Cc2ccc(Br)cc2)cc2c(cnn2C2CCOCC2)c1=O. The van der Waals surface area contributed by atoms with Gasteiger partial charge in [-0.3, -0.25) is 9.48 Å². The van der Waals surface area contributed by atoms with Gasteiger partial charge < -0.3 is 9.30 Å². The fourth-order valence-corrected chi connectivity index (χ4v) is 3.71. The van der Waals surface area contributed by atoms with Crippen LogP contribution in [0.25, 0.3) is 10.9 Å². The number of nitrogens with zero attached hydrogens (tertiary/aromatic N) is 3. The molecule has 1 saturated heterocycles. The number of pyridine rings is 1. The summed E-state index contributed by atoms with van der Waals surface area (Å²) < 4.78 is 10.3.